The number of furan rings is 1. The molecule has 1 amide bonds. The molecular weight excluding hydrogens is 646 g/mol. The molecule has 13 nitrogen and oxygen atoms in total. The molecule has 2 N–H and O–H groups in total. The number of methoxy groups -OCH3 is 2. The van der Waals surface area contributed by atoms with Crippen LogP contribution in [0, 0.1) is 0 Å². The third-order valence-corrected chi connectivity index (χ3v) is 8.61. The Morgan fingerprint density at radius 1 is 0.880 bits per heavy atom. The van der Waals surface area contributed by atoms with Gasteiger partial charge in [0.05, 0.1) is 33.7 Å². The number of H-pyrrole nitrogens is 1. The zero-order valence-corrected chi connectivity index (χ0v) is 27.6. The van der Waals surface area contributed by atoms with Crippen molar-refractivity contribution in [1.29, 1.82) is 0 Å². The van der Waals surface area contributed by atoms with E-state index in [1.54, 1.807) is 27.2 Å². The summed E-state index contributed by atoms with van der Waals surface area (Å²) in [6.45, 7) is 1.44. The smallest absolute Gasteiger partial charge is 0.417 e. The monoisotopic (exact) mass is 683 g/mol. The van der Waals surface area contributed by atoms with Crippen LogP contribution in [0.5, 0.6) is 11.5 Å². The average Bonchev–Trinajstić information content (AvgIpc) is 3.78. The molecule has 5 aromatic rings. The lowest BCUT2D eigenvalue weighted by Gasteiger charge is -2.37. The van der Waals surface area contributed by atoms with Crippen molar-refractivity contribution in [3.63, 3.8) is 0 Å². The summed E-state index contributed by atoms with van der Waals surface area (Å²) < 4.78 is 36.3. The maximum Gasteiger partial charge on any atom is 0.417 e. The third kappa shape index (κ3) is 6.53. The van der Waals surface area contributed by atoms with Gasteiger partial charge in [-0.2, -0.15) is 0 Å². The summed E-state index contributed by atoms with van der Waals surface area (Å²) in [4.78, 5) is 41.9. The van der Waals surface area contributed by atoms with Crippen molar-refractivity contribution in [3.05, 3.63) is 147 Å². The predicted molar refractivity (Wildman–Crippen MR) is 182 cm³/mol. The van der Waals surface area contributed by atoms with Gasteiger partial charge in [0.15, 0.2) is 6.23 Å². The molecule has 0 bridgehead atoms. The molecular formula is C37H37N3O10. The molecule has 50 heavy (non-hydrogen) atoms. The normalized spacial score (nSPS) is 18.8. The van der Waals surface area contributed by atoms with Crippen LogP contribution < -0.4 is 25.6 Å². The molecule has 1 aliphatic heterocycles. The summed E-state index contributed by atoms with van der Waals surface area (Å²) in [5.74, 6) is 1.35. The van der Waals surface area contributed by atoms with Gasteiger partial charge in [-0.3, -0.25) is 14.3 Å². The topological polar surface area (TPSA) is 155 Å². The summed E-state index contributed by atoms with van der Waals surface area (Å²) in [5.41, 5.74) is -0.420. The van der Waals surface area contributed by atoms with E-state index >= 15 is 0 Å². The molecule has 13 heteroatoms. The number of rotatable bonds is 12. The van der Waals surface area contributed by atoms with Crippen LogP contribution in [-0.4, -0.2) is 66.4 Å². The van der Waals surface area contributed by atoms with E-state index in [-0.39, 0.29) is 19.1 Å². The SMILES string of the molecule is CCOC(=O)N(c1ccco1)[C@@H]1[C@H](O)[C@@H](COC(c2ccccc2)(c2ccc(OC)cc2)c2ccc(OC)cc2)O[C@H]1n1ccc(=O)[nH]c1=O. The summed E-state index contributed by atoms with van der Waals surface area (Å²) in [5, 5.41) is 12.0. The highest BCUT2D eigenvalue weighted by Gasteiger charge is 2.52. The second kappa shape index (κ2) is 14.9. The maximum atomic E-state index is 13.5. The Morgan fingerprint density at radius 3 is 2.04 bits per heavy atom. The van der Waals surface area contributed by atoms with E-state index in [9.17, 15) is 19.5 Å². The summed E-state index contributed by atoms with van der Waals surface area (Å²) in [6.07, 6.45) is -2.10. The molecule has 0 aliphatic carbocycles. The average molecular weight is 684 g/mol. The quantitative estimate of drug-likeness (QED) is 0.180. The van der Waals surface area contributed by atoms with Gasteiger partial charge in [-0.05, 0) is 53.9 Å². The Morgan fingerprint density at radius 2 is 1.50 bits per heavy atom. The molecule has 0 spiro atoms. The van der Waals surface area contributed by atoms with Crippen LogP contribution in [-0.2, 0) is 19.8 Å². The van der Waals surface area contributed by atoms with Crippen molar-refractivity contribution < 1.29 is 38.0 Å². The number of benzene rings is 3. The number of aromatic nitrogens is 2. The van der Waals surface area contributed by atoms with Crippen molar-refractivity contribution in [2.75, 3.05) is 32.3 Å². The van der Waals surface area contributed by atoms with Gasteiger partial charge in [0.25, 0.3) is 5.56 Å². The highest BCUT2D eigenvalue weighted by atomic mass is 16.6. The Labute approximate surface area is 287 Å². The maximum absolute atomic E-state index is 13.5. The van der Waals surface area contributed by atoms with Gasteiger partial charge < -0.3 is 33.2 Å². The van der Waals surface area contributed by atoms with E-state index in [4.69, 9.17) is 28.1 Å². The number of anilines is 1. The number of hydrogen-bond donors (Lipinski definition) is 2. The second-order valence-electron chi connectivity index (χ2n) is 11.4. The van der Waals surface area contributed by atoms with Crippen LogP contribution in [0.2, 0.25) is 0 Å². The minimum absolute atomic E-state index is 0.0266. The minimum Gasteiger partial charge on any atom is -0.497 e. The van der Waals surface area contributed by atoms with Crippen molar-refractivity contribution in [1.82, 2.24) is 9.55 Å². The van der Waals surface area contributed by atoms with Crippen LogP contribution in [0.4, 0.5) is 10.7 Å². The van der Waals surface area contributed by atoms with E-state index in [1.807, 2.05) is 78.9 Å². The van der Waals surface area contributed by atoms with Crippen molar-refractivity contribution in [3.8, 4) is 11.5 Å². The Hall–Kier alpha value is -5.63. The standard InChI is InChI=1S/C37H37N3O10/c1-4-47-36(44)40(31-11-8-22-48-31)32-33(42)29(50-34(32)39-21-20-30(41)38-35(39)43)23-49-37(24-9-6-5-7-10-24,25-12-16-27(45-2)17-13-25)26-14-18-28(46-3)19-15-26/h5-22,29,32-34,42H,4,23H2,1-3H3,(H,38,41,43)/t29-,32-,33-,34-/m1/s1. The molecule has 260 valence electrons. The Bertz CT molecular complexity index is 1930. The molecule has 6 rings (SSSR count). The van der Waals surface area contributed by atoms with Gasteiger partial charge in [0.2, 0.25) is 5.88 Å². The number of carbonyl (C=O) groups is 1. The fourth-order valence-electron chi connectivity index (χ4n) is 6.24. The molecule has 1 saturated heterocycles. The molecule has 1 fully saturated rings. The first-order valence-electron chi connectivity index (χ1n) is 15.9. The molecule has 3 aromatic carbocycles. The number of carbonyl (C=O) groups excluding carboxylic acids is 1. The van der Waals surface area contributed by atoms with Gasteiger partial charge in [-0.15, -0.1) is 0 Å². The molecule has 2 aromatic heterocycles. The minimum atomic E-state index is -1.45. The Kier molecular flexibility index (Phi) is 10.2. The molecule has 0 unspecified atom stereocenters. The summed E-state index contributed by atoms with van der Waals surface area (Å²) in [6, 6.07) is 27.5. The number of ether oxygens (including phenoxy) is 5. The van der Waals surface area contributed by atoms with E-state index < -0.39 is 47.4 Å². The van der Waals surface area contributed by atoms with Crippen LogP contribution in [0.1, 0.15) is 29.8 Å². The molecule has 0 saturated carbocycles. The second-order valence-corrected chi connectivity index (χ2v) is 11.4. The highest BCUT2D eigenvalue weighted by Crippen LogP contribution is 2.43. The summed E-state index contributed by atoms with van der Waals surface area (Å²) in [7, 11) is 3.17. The fourth-order valence-corrected chi connectivity index (χ4v) is 6.24. The lowest BCUT2D eigenvalue weighted by atomic mass is 9.80. The largest absolute Gasteiger partial charge is 0.497 e. The number of amides is 1. The zero-order chi connectivity index (χ0) is 35.3. The molecule has 3 heterocycles. The number of hydrogen-bond acceptors (Lipinski definition) is 10. The molecule has 4 atom stereocenters. The molecule has 1 aliphatic rings. The number of aromatic amines is 1. The lowest BCUT2D eigenvalue weighted by Crippen LogP contribution is -2.52. The van der Waals surface area contributed by atoms with Gasteiger partial charge in [-0.25, -0.2) is 14.5 Å². The van der Waals surface area contributed by atoms with Gasteiger partial charge >= 0.3 is 11.8 Å². The van der Waals surface area contributed by atoms with Crippen LogP contribution in [0.25, 0.3) is 0 Å². The fraction of sp³-hybridized carbons (Fsp3) is 0.270. The van der Waals surface area contributed by atoms with E-state index in [0.717, 1.165) is 32.2 Å². The first-order chi connectivity index (χ1) is 24.3. The third-order valence-electron chi connectivity index (χ3n) is 8.61. The summed E-state index contributed by atoms with van der Waals surface area (Å²) >= 11 is 0. The van der Waals surface area contributed by atoms with Gasteiger partial charge in [0.1, 0.15) is 35.3 Å². The van der Waals surface area contributed by atoms with Crippen molar-refractivity contribution in [2.24, 2.45) is 0 Å². The lowest BCUT2D eigenvalue weighted by molar-refractivity contribution is -0.0945. The van der Waals surface area contributed by atoms with Crippen molar-refractivity contribution in [2.45, 2.75) is 37.0 Å². The van der Waals surface area contributed by atoms with Gasteiger partial charge in [-0.1, -0.05) is 54.6 Å². The van der Waals surface area contributed by atoms with Crippen LogP contribution >= 0.6 is 0 Å². The van der Waals surface area contributed by atoms with E-state index in [1.165, 1.54) is 18.5 Å². The van der Waals surface area contributed by atoms with Crippen LogP contribution in [0.3, 0.4) is 0 Å². The number of nitrogens with one attached hydrogen (secondary N) is 1. The molecule has 0 radical (unpaired) electrons. The number of aliphatic hydroxyl groups is 1. The van der Waals surface area contributed by atoms with E-state index in [0.29, 0.717) is 11.5 Å². The Balaban J connectivity index is 1.46. The number of aliphatic hydroxyl groups excluding tert-OH is 1. The van der Waals surface area contributed by atoms with Crippen LogP contribution in [0.15, 0.2) is 124 Å². The van der Waals surface area contributed by atoms with Crippen molar-refractivity contribution >= 4 is 12.0 Å². The highest BCUT2D eigenvalue weighted by molar-refractivity contribution is 5.87. The first-order valence-corrected chi connectivity index (χ1v) is 15.9. The number of nitrogens with zero attached hydrogens (tertiary/aromatic N) is 2. The first kappa shape index (κ1) is 34.2. The predicted octanol–water partition coefficient (Wildman–Crippen LogP) is 4.45. The van der Waals surface area contributed by atoms with Gasteiger partial charge in [0, 0.05) is 18.3 Å². The zero-order valence-electron chi connectivity index (χ0n) is 27.6. The van der Waals surface area contributed by atoms with E-state index in [2.05, 4.69) is 4.98 Å².